The highest BCUT2D eigenvalue weighted by atomic mass is 19.1. The third-order valence-corrected chi connectivity index (χ3v) is 5.94. The van der Waals surface area contributed by atoms with Gasteiger partial charge in [0.1, 0.15) is 5.82 Å². The first-order valence-electron chi connectivity index (χ1n) is 10.7. The lowest BCUT2D eigenvalue weighted by molar-refractivity contribution is -0.143. The van der Waals surface area contributed by atoms with Gasteiger partial charge in [0, 0.05) is 49.5 Å². The molecule has 1 aromatic carbocycles. The van der Waals surface area contributed by atoms with Crippen LogP contribution in [0.1, 0.15) is 25.4 Å². The van der Waals surface area contributed by atoms with Gasteiger partial charge in [-0.2, -0.15) is 0 Å². The minimum Gasteiger partial charge on any atom is -0.377 e. The second kappa shape index (κ2) is 8.48. The minimum absolute atomic E-state index is 0.00216. The molecule has 0 unspecified atom stereocenters. The van der Waals surface area contributed by atoms with Crippen LogP contribution in [0.2, 0.25) is 0 Å². The summed E-state index contributed by atoms with van der Waals surface area (Å²) < 4.78 is 22.5. The van der Waals surface area contributed by atoms with E-state index >= 15 is 0 Å². The van der Waals surface area contributed by atoms with Crippen LogP contribution < -0.4 is 0 Å². The molecule has 3 aromatic rings. The van der Waals surface area contributed by atoms with Crippen LogP contribution in [0.4, 0.5) is 4.39 Å². The second-order valence-electron chi connectivity index (χ2n) is 8.68. The highest BCUT2D eigenvalue weighted by Crippen LogP contribution is 2.29. The van der Waals surface area contributed by atoms with Gasteiger partial charge >= 0.3 is 0 Å². The molecule has 0 amide bonds. The number of aromatic nitrogens is 3. The fourth-order valence-corrected chi connectivity index (χ4v) is 3.95. The van der Waals surface area contributed by atoms with Crippen molar-refractivity contribution in [1.82, 2.24) is 19.4 Å². The summed E-state index contributed by atoms with van der Waals surface area (Å²) in [6.07, 6.45) is 3.75. The molecule has 164 valence electrons. The van der Waals surface area contributed by atoms with Crippen LogP contribution >= 0.6 is 0 Å². The Balaban J connectivity index is 1.44. The molecule has 3 heterocycles. The number of carbonyl (C=O) groups excluding carboxylic acids is 1. The molecule has 0 N–H and O–H groups in total. The van der Waals surface area contributed by atoms with E-state index in [1.54, 1.807) is 6.20 Å². The number of pyridine rings is 1. The van der Waals surface area contributed by atoms with Crippen LogP contribution in [-0.4, -0.2) is 63.2 Å². The zero-order valence-electron chi connectivity index (χ0n) is 18.6. The van der Waals surface area contributed by atoms with E-state index in [9.17, 15) is 9.18 Å². The molecule has 1 aliphatic heterocycles. The fourth-order valence-electron chi connectivity index (χ4n) is 3.95. The summed E-state index contributed by atoms with van der Waals surface area (Å²) >= 11 is 0. The molecule has 0 atom stereocenters. The van der Waals surface area contributed by atoms with Crippen molar-refractivity contribution < 1.29 is 13.9 Å². The van der Waals surface area contributed by atoms with Gasteiger partial charge in [0.25, 0.3) is 0 Å². The second-order valence-corrected chi connectivity index (χ2v) is 8.68. The summed E-state index contributed by atoms with van der Waals surface area (Å²) in [5.41, 5.74) is 0.865. The van der Waals surface area contributed by atoms with Gasteiger partial charge in [-0.3, -0.25) is 14.7 Å². The lowest BCUT2D eigenvalue weighted by Crippen LogP contribution is -2.64. The molecule has 0 bridgehead atoms. The first-order chi connectivity index (χ1) is 14.7. The smallest absolute Gasteiger partial charge is 0.194 e. The summed E-state index contributed by atoms with van der Waals surface area (Å²) in [6, 6.07) is 7.99. The minimum atomic E-state index is -1.79. The van der Waals surface area contributed by atoms with Gasteiger partial charge in [-0.05, 0) is 38.3 Å². The molecule has 0 aliphatic carbocycles. The first-order valence-corrected chi connectivity index (χ1v) is 10.7. The van der Waals surface area contributed by atoms with Crippen LogP contribution in [0.15, 0.2) is 36.7 Å². The van der Waals surface area contributed by atoms with Gasteiger partial charge in [-0.15, -0.1) is 0 Å². The van der Waals surface area contributed by atoms with Crippen molar-refractivity contribution >= 4 is 16.6 Å². The summed E-state index contributed by atoms with van der Waals surface area (Å²) in [7, 11) is 1.98. The van der Waals surface area contributed by atoms with Gasteiger partial charge in [0.05, 0.1) is 31.0 Å². The summed E-state index contributed by atoms with van der Waals surface area (Å²) in [4.78, 5) is 23.3. The number of benzene rings is 1. The summed E-state index contributed by atoms with van der Waals surface area (Å²) in [5.74, 6) is 0.536. The molecule has 4 rings (SSSR count). The Morgan fingerprint density at radius 3 is 2.65 bits per heavy atom. The number of halogens is 1. The van der Waals surface area contributed by atoms with E-state index in [0.717, 1.165) is 27.9 Å². The number of Topliss-reactive ketones (excluding diaryl/α,β-unsaturated/α-hetero) is 1. The number of alkyl halides is 1. The highest BCUT2D eigenvalue weighted by Gasteiger charge is 2.49. The highest BCUT2D eigenvalue weighted by molar-refractivity contribution is 5.92. The zero-order valence-corrected chi connectivity index (χ0v) is 18.6. The van der Waals surface area contributed by atoms with Crippen molar-refractivity contribution in [3.63, 3.8) is 0 Å². The van der Waals surface area contributed by atoms with E-state index in [4.69, 9.17) is 4.74 Å². The molecular weight excluding hydrogens is 395 g/mol. The maximum absolute atomic E-state index is 15.0. The van der Waals surface area contributed by atoms with Gasteiger partial charge in [-0.1, -0.05) is 12.1 Å². The van der Waals surface area contributed by atoms with Crippen LogP contribution in [0.5, 0.6) is 0 Å². The average Bonchev–Trinajstić information content (AvgIpc) is 3.04. The van der Waals surface area contributed by atoms with Crippen molar-refractivity contribution in [1.29, 1.82) is 0 Å². The molecule has 2 aromatic heterocycles. The molecule has 1 saturated heterocycles. The predicted octanol–water partition coefficient (Wildman–Crippen LogP) is 3.50. The van der Waals surface area contributed by atoms with Crippen LogP contribution in [0.25, 0.3) is 22.0 Å². The largest absolute Gasteiger partial charge is 0.377 e. The number of carbonyl (C=O) groups is 1. The Morgan fingerprint density at radius 2 is 1.97 bits per heavy atom. The Labute approximate surface area is 182 Å². The van der Waals surface area contributed by atoms with E-state index in [0.29, 0.717) is 18.8 Å². The van der Waals surface area contributed by atoms with Crippen molar-refractivity contribution in [3.8, 4) is 11.3 Å². The predicted molar refractivity (Wildman–Crippen MR) is 119 cm³/mol. The number of ketones is 1. The van der Waals surface area contributed by atoms with Crippen molar-refractivity contribution in [2.75, 3.05) is 26.2 Å². The maximum atomic E-state index is 15.0. The van der Waals surface area contributed by atoms with E-state index < -0.39 is 11.5 Å². The van der Waals surface area contributed by atoms with Crippen molar-refractivity contribution in [2.24, 2.45) is 7.05 Å². The van der Waals surface area contributed by atoms with E-state index in [1.807, 2.05) is 61.7 Å². The average molecular weight is 425 g/mol. The summed E-state index contributed by atoms with van der Waals surface area (Å²) in [6.45, 7) is 7.35. The Morgan fingerprint density at radius 1 is 1.19 bits per heavy atom. The molecule has 6 nitrogen and oxygen atoms in total. The number of hydrogen-bond acceptors (Lipinski definition) is 5. The Kier molecular flexibility index (Phi) is 5.90. The van der Waals surface area contributed by atoms with E-state index in [1.165, 1.54) is 0 Å². The lowest BCUT2D eigenvalue weighted by atomic mass is 9.88. The number of fused-ring (bicyclic) bond motifs is 1. The fraction of sp³-hybridized carbons (Fsp3) is 0.458. The number of nitrogens with zero attached hydrogens (tertiary/aromatic N) is 4. The molecule has 31 heavy (non-hydrogen) atoms. The van der Waals surface area contributed by atoms with Crippen molar-refractivity contribution in [2.45, 2.75) is 39.0 Å². The van der Waals surface area contributed by atoms with Crippen LogP contribution in [-0.2, 0) is 23.0 Å². The standard InChI is InChI=1S/C24H29FN4O2/c1-16(2)31-8-7-29-14-24(25,15-29)23(30)11-21-10-20-9-18(5-6-19(20)12-27-21)22-13-26-17(3)28(22)4/h5-6,9-10,12-13,16H,7-8,11,14-15H2,1-4H3. The number of likely N-dealkylation sites (tertiary alicyclic amines) is 1. The SMILES string of the molecule is Cc1ncc(-c2ccc3cnc(CC(=O)C4(F)CN(CCOC(C)C)C4)cc3c2)n1C. The number of rotatable bonds is 8. The summed E-state index contributed by atoms with van der Waals surface area (Å²) in [5, 5.41) is 1.96. The maximum Gasteiger partial charge on any atom is 0.194 e. The molecule has 1 fully saturated rings. The molecule has 0 radical (unpaired) electrons. The first kappa shape index (κ1) is 21.6. The Hall–Kier alpha value is -2.64. The van der Waals surface area contributed by atoms with Gasteiger partial charge in [0.2, 0.25) is 0 Å². The quantitative estimate of drug-likeness (QED) is 0.554. The van der Waals surface area contributed by atoms with Crippen LogP contribution in [0.3, 0.4) is 0 Å². The Bertz CT molecular complexity index is 1100. The number of aryl methyl sites for hydroxylation is 1. The van der Waals surface area contributed by atoms with Gasteiger partial charge < -0.3 is 9.30 Å². The molecule has 0 saturated carbocycles. The lowest BCUT2D eigenvalue weighted by Gasteiger charge is -2.43. The third kappa shape index (κ3) is 4.52. The number of hydrogen-bond donors (Lipinski definition) is 0. The molecule has 7 heteroatoms. The van der Waals surface area contributed by atoms with E-state index in [2.05, 4.69) is 16.0 Å². The van der Waals surface area contributed by atoms with Gasteiger partial charge in [-0.25, -0.2) is 9.37 Å². The number of ether oxygens (including phenoxy) is 1. The molecular formula is C24H29FN4O2. The molecule has 0 spiro atoms. The van der Waals surface area contributed by atoms with Crippen LogP contribution in [0, 0.1) is 6.92 Å². The van der Waals surface area contributed by atoms with Crippen molar-refractivity contribution in [3.05, 3.63) is 48.2 Å². The number of imidazole rings is 1. The monoisotopic (exact) mass is 424 g/mol. The third-order valence-electron chi connectivity index (χ3n) is 5.94. The van der Waals surface area contributed by atoms with Gasteiger partial charge in [0.15, 0.2) is 11.5 Å². The normalized spacial score (nSPS) is 16.1. The van der Waals surface area contributed by atoms with E-state index in [-0.39, 0.29) is 25.6 Å². The topological polar surface area (TPSA) is 60.3 Å². The molecule has 1 aliphatic rings. The zero-order chi connectivity index (χ0) is 22.2.